The summed E-state index contributed by atoms with van der Waals surface area (Å²) in [5, 5.41) is 3.95. The molecule has 2 amide bonds. The van der Waals surface area contributed by atoms with Crippen molar-refractivity contribution in [1.82, 2.24) is 5.32 Å². The minimum atomic E-state index is -0.393. The van der Waals surface area contributed by atoms with Gasteiger partial charge in [-0.3, -0.25) is 9.59 Å². The zero-order chi connectivity index (χ0) is 15.7. The van der Waals surface area contributed by atoms with Crippen LogP contribution in [0.5, 0.6) is 0 Å². The summed E-state index contributed by atoms with van der Waals surface area (Å²) in [7, 11) is 0. The molecule has 0 spiro atoms. The number of benzene rings is 1. The molecule has 1 aromatic carbocycles. The Morgan fingerprint density at radius 3 is 2.59 bits per heavy atom. The number of anilines is 1. The van der Waals surface area contributed by atoms with Crippen LogP contribution in [0.4, 0.5) is 5.69 Å². The van der Waals surface area contributed by atoms with E-state index in [1.807, 2.05) is 13.0 Å². The van der Waals surface area contributed by atoms with Crippen LogP contribution >= 0.6 is 11.6 Å². The fraction of sp³-hybridized carbons (Fsp3) is 0.529. The van der Waals surface area contributed by atoms with E-state index < -0.39 is 6.04 Å². The lowest BCUT2D eigenvalue weighted by Gasteiger charge is -2.25. The normalized spacial score (nSPS) is 23.4. The summed E-state index contributed by atoms with van der Waals surface area (Å²) in [6.07, 6.45) is 6.08. The molecular formula is C17H21ClN2O2. The summed E-state index contributed by atoms with van der Waals surface area (Å²) < 4.78 is 0. The summed E-state index contributed by atoms with van der Waals surface area (Å²) in [6.45, 7) is 1.90. The number of nitrogens with one attached hydrogen (secondary N) is 1. The molecule has 1 heterocycles. The van der Waals surface area contributed by atoms with Gasteiger partial charge in [0.2, 0.25) is 5.91 Å². The monoisotopic (exact) mass is 320 g/mol. The molecule has 1 aliphatic carbocycles. The van der Waals surface area contributed by atoms with E-state index >= 15 is 0 Å². The molecule has 2 fully saturated rings. The molecule has 0 bridgehead atoms. The molecule has 4 nitrogen and oxygen atoms in total. The predicted octanol–water partition coefficient (Wildman–Crippen LogP) is 3.20. The van der Waals surface area contributed by atoms with Crippen LogP contribution in [0.2, 0.25) is 5.02 Å². The van der Waals surface area contributed by atoms with Crippen LogP contribution in [0.3, 0.4) is 0 Å². The molecular weight excluding hydrogens is 300 g/mol. The van der Waals surface area contributed by atoms with Crippen LogP contribution in [0, 0.1) is 6.92 Å². The van der Waals surface area contributed by atoms with Crippen molar-refractivity contribution in [2.45, 2.75) is 57.5 Å². The molecule has 22 heavy (non-hydrogen) atoms. The number of imide groups is 1. The Hall–Kier alpha value is -1.39. The summed E-state index contributed by atoms with van der Waals surface area (Å²) in [6, 6.07) is 5.27. The number of rotatable bonds is 3. The maximum Gasteiger partial charge on any atom is 0.251 e. The van der Waals surface area contributed by atoms with Crippen LogP contribution in [0.1, 0.15) is 44.1 Å². The molecule has 1 aromatic rings. The van der Waals surface area contributed by atoms with Gasteiger partial charge in [0.1, 0.15) is 0 Å². The Balaban J connectivity index is 1.74. The highest BCUT2D eigenvalue weighted by Gasteiger charge is 2.40. The third-order valence-electron chi connectivity index (χ3n) is 4.60. The quantitative estimate of drug-likeness (QED) is 0.870. The van der Waals surface area contributed by atoms with Crippen LogP contribution < -0.4 is 10.2 Å². The standard InChI is InChI=1S/C17H21ClN2O2/c1-11-7-8-13(9-14(11)18)20-16(21)10-15(17(20)22)19-12-5-3-2-4-6-12/h7-9,12,15,19H,2-6,10H2,1H3/t15-/m0/s1. The highest BCUT2D eigenvalue weighted by atomic mass is 35.5. The first-order valence-corrected chi connectivity index (χ1v) is 8.33. The van der Waals surface area contributed by atoms with Gasteiger partial charge in [-0.2, -0.15) is 0 Å². The van der Waals surface area contributed by atoms with E-state index in [1.165, 1.54) is 24.2 Å². The van der Waals surface area contributed by atoms with Gasteiger partial charge in [0.25, 0.3) is 5.91 Å². The Labute approximate surface area is 135 Å². The number of aryl methyl sites for hydroxylation is 1. The van der Waals surface area contributed by atoms with E-state index in [-0.39, 0.29) is 18.2 Å². The van der Waals surface area contributed by atoms with Gasteiger partial charge in [0, 0.05) is 11.1 Å². The van der Waals surface area contributed by atoms with Gasteiger partial charge in [-0.25, -0.2) is 4.90 Å². The molecule has 3 rings (SSSR count). The summed E-state index contributed by atoms with van der Waals surface area (Å²) in [4.78, 5) is 26.1. The van der Waals surface area contributed by atoms with Crippen LogP contribution in [0.15, 0.2) is 18.2 Å². The van der Waals surface area contributed by atoms with E-state index in [0.29, 0.717) is 16.8 Å². The lowest BCUT2D eigenvalue weighted by atomic mass is 9.95. The first-order chi connectivity index (χ1) is 10.6. The number of carbonyl (C=O) groups is 2. The Morgan fingerprint density at radius 1 is 1.18 bits per heavy atom. The average Bonchev–Trinajstić information content (AvgIpc) is 2.78. The van der Waals surface area contributed by atoms with Gasteiger partial charge >= 0.3 is 0 Å². The molecule has 0 radical (unpaired) electrons. The number of hydrogen-bond donors (Lipinski definition) is 1. The number of halogens is 1. The topological polar surface area (TPSA) is 49.4 Å². The number of carbonyl (C=O) groups excluding carboxylic acids is 2. The molecule has 0 unspecified atom stereocenters. The second-order valence-electron chi connectivity index (χ2n) is 6.26. The van der Waals surface area contributed by atoms with Crippen LogP contribution in [-0.4, -0.2) is 23.9 Å². The first-order valence-electron chi connectivity index (χ1n) is 7.95. The third-order valence-corrected chi connectivity index (χ3v) is 5.01. The second-order valence-corrected chi connectivity index (χ2v) is 6.67. The first kappa shape index (κ1) is 15.5. The van der Waals surface area contributed by atoms with Crippen molar-refractivity contribution in [1.29, 1.82) is 0 Å². The van der Waals surface area contributed by atoms with Crippen molar-refractivity contribution < 1.29 is 9.59 Å². The fourth-order valence-corrected chi connectivity index (χ4v) is 3.48. The molecule has 2 aliphatic rings. The van der Waals surface area contributed by atoms with Crippen LogP contribution in [-0.2, 0) is 9.59 Å². The minimum Gasteiger partial charge on any atom is -0.303 e. The summed E-state index contributed by atoms with van der Waals surface area (Å²) >= 11 is 6.11. The lowest BCUT2D eigenvalue weighted by Crippen LogP contribution is -2.44. The van der Waals surface area contributed by atoms with Gasteiger partial charge in [-0.05, 0) is 37.5 Å². The lowest BCUT2D eigenvalue weighted by molar-refractivity contribution is -0.121. The summed E-state index contributed by atoms with van der Waals surface area (Å²) in [5.41, 5.74) is 1.50. The van der Waals surface area contributed by atoms with Crippen molar-refractivity contribution >= 4 is 29.1 Å². The van der Waals surface area contributed by atoms with Crippen molar-refractivity contribution in [3.05, 3.63) is 28.8 Å². The highest BCUT2D eigenvalue weighted by Crippen LogP contribution is 2.28. The van der Waals surface area contributed by atoms with E-state index in [9.17, 15) is 9.59 Å². The zero-order valence-corrected chi connectivity index (χ0v) is 13.5. The Kier molecular flexibility index (Phi) is 4.50. The maximum atomic E-state index is 12.6. The van der Waals surface area contributed by atoms with E-state index in [1.54, 1.807) is 12.1 Å². The van der Waals surface area contributed by atoms with E-state index in [4.69, 9.17) is 11.6 Å². The molecule has 1 atom stereocenters. The van der Waals surface area contributed by atoms with Crippen molar-refractivity contribution in [2.24, 2.45) is 0 Å². The predicted molar refractivity (Wildman–Crippen MR) is 87.1 cm³/mol. The van der Waals surface area contributed by atoms with Gasteiger partial charge in [-0.1, -0.05) is 36.9 Å². The summed E-state index contributed by atoms with van der Waals surface area (Å²) in [5.74, 6) is -0.311. The van der Waals surface area contributed by atoms with Gasteiger partial charge < -0.3 is 5.32 Å². The minimum absolute atomic E-state index is 0.154. The van der Waals surface area contributed by atoms with Gasteiger partial charge in [0.15, 0.2) is 0 Å². The van der Waals surface area contributed by atoms with Crippen molar-refractivity contribution in [3.8, 4) is 0 Å². The largest absolute Gasteiger partial charge is 0.303 e. The highest BCUT2D eigenvalue weighted by molar-refractivity contribution is 6.32. The van der Waals surface area contributed by atoms with E-state index in [0.717, 1.165) is 18.4 Å². The van der Waals surface area contributed by atoms with Crippen molar-refractivity contribution in [3.63, 3.8) is 0 Å². The second kappa shape index (κ2) is 6.39. The molecule has 1 N–H and O–H groups in total. The molecule has 1 saturated heterocycles. The van der Waals surface area contributed by atoms with Crippen LogP contribution in [0.25, 0.3) is 0 Å². The number of hydrogen-bond acceptors (Lipinski definition) is 3. The zero-order valence-electron chi connectivity index (χ0n) is 12.8. The van der Waals surface area contributed by atoms with Gasteiger partial charge in [-0.15, -0.1) is 0 Å². The Bertz CT molecular complexity index is 596. The fourth-order valence-electron chi connectivity index (χ4n) is 3.31. The number of amides is 2. The smallest absolute Gasteiger partial charge is 0.251 e. The van der Waals surface area contributed by atoms with E-state index in [2.05, 4.69) is 5.32 Å². The molecule has 118 valence electrons. The van der Waals surface area contributed by atoms with Crippen molar-refractivity contribution in [2.75, 3.05) is 4.90 Å². The number of nitrogens with zero attached hydrogens (tertiary/aromatic N) is 1. The average molecular weight is 321 g/mol. The molecule has 0 aromatic heterocycles. The third kappa shape index (κ3) is 3.03. The Morgan fingerprint density at radius 2 is 1.91 bits per heavy atom. The maximum absolute atomic E-state index is 12.6. The molecule has 5 heteroatoms. The van der Waals surface area contributed by atoms with Gasteiger partial charge in [0.05, 0.1) is 18.2 Å². The molecule has 1 aliphatic heterocycles. The SMILES string of the molecule is Cc1ccc(N2C(=O)C[C@H](NC3CCCCC3)C2=O)cc1Cl. The molecule has 1 saturated carbocycles.